The molecular formula is C17H16Br2N2O4. The Morgan fingerprint density at radius 2 is 1.88 bits per heavy atom. The summed E-state index contributed by atoms with van der Waals surface area (Å²) in [6, 6.07) is 10.7. The highest BCUT2D eigenvalue weighted by Crippen LogP contribution is 2.35. The van der Waals surface area contributed by atoms with Crippen LogP contribution in [0.3, 0.4) is 0 Å². The molecule has 0 fully saturated rings. The first-order chi connectivity index (χ1) is 12.0. The fourth-order valence-electron chi connectivity index (χ4n) is 1.90. The van der Waals surface area contributed by atoms with Crippen LogP contribution in [0.2, 0.25) is 0 Å². The molecule has 0 saturated carbocycles. The van der Waals surface area contributed by atoms with Crippen LogP contribution in [-0.4, -0.2) is 32.9 Å². The monoisotopic (exact) mass is 470 g/mol. The van der Waals surface area contributed by atoms with Gasteiger partial charge in [0.25, 0.3) is 5.91 Å². The first-order valence-electron chi connectivity index (χ1n) is 7.15. The van der Waals surface area contributed by atoms with Crippen LogP contribution in [0.1, 0.15) is 5.56 Å². The summed E-state index contributed by atoms with van der Waals surface area (Å²) >= 11 is 6.73. The van der Waals surface area contributed by atoms with Crippen LogP contribution in [0.5, 0.6) is 17.2 Å². The second-order valence-electron chi connectivity index (χ2n) is 4.77. The third-order valence-electron chi connectivity index (χ3n) is 3.04. The van der Waals surface area contributed by atoms with Gasteiger partial charge in [-0.2, -0.15) is 5.10 Å². The largest absolute Gasteiger partial charge is 0.493 e. The maximum Gasteiger partial charge on any atom is 0.277 e. The Hall–Kier alpha value is -2.06. The molecule has 0 saturated heterocycles. The van der Waals surface area contributed by atoms with Crippen molar-refractivity contribution in [1.29, 1.82) is 0 Å². The fraction of sp³-hybridized carbons (Fsp3) is 0.176. The first-order valence-corrected chi connectivity index (χ1v) is 8.74. The van der Waals surface area contributed by atoms with Gasteiger partial charge in [-0.25, -0.2) is 5.43 Å². The number of nitrogens with zero attached hydrogens (tertiary/aromatic N) is 1. The highest BCUT2D eigenvalue weighted by Gasteiger charge is 2.09. The molecule has 0 atom stereocenters. The molecule has 0 aromatic heterocycles. The second kappa shape index (κ2) is 9.43. The Morgan fingerprint density at radius 1 is 1.16 bits per heavy atom. The van der Waals surface area contributed by atoms with Crippen LogP contribution >= 0.6 is 31.9 Å². The van der Waals surface area contributed by atoms with Crippen LogP contribution in [0.15, 0.2) is 50.4 Å². The van der Waals surface area contributed by atoms with Gasteiger partial charge in [0.1, 0.15) is 5.75 Å². The molecule has 2 aromatic carbocycles. The van der Waals surface area contributed by atoms with Crippen molar-refractivity contribution in [2.24, 2.45) is 5.10 Å². The summed E-state index contributed by atoms with van der Waals surface area (Å²) in [4.78, 5) is 11.8. The molecule has 2 aromatic rings. The fourth-order valence-corrected chi connectivity index (χ4v) is 2.79. The molecule has 1 amide bonds. The van der Waals surface area contributed by atoms with E-state index in [0.29, 0.717) is 17.2 Å². The Labute approximate surface area is 162 Å². The zero-order valence-corrected chi connectivity index (χ0v) is 16.8. The zero-order valence-electron chi connectivity index (χ0n) is 13.6. The summed E-state index contributed by atoms with van der Waals surface area (Å²) in [7, 11) is 3.11. The molecule has 0 unspecified atom stereocenters. The van der Waals surface area contributed by atoms with Crippen molar-refractivity contribution >= 4 is 44.0 Å². The predicted molar refractivity (Wildman–Crippen MR) is 103 cm³/mol. The van der Waals surface area contributed by atoms with E-state index >= 15 is 0 Å². The van der Waals surface area contributed by atoms with Gasteiger partial charge in [0.15, 0.2) is 18.1 Å². The number of methoxy groups -OCH3 is 2. The van der Waals surface area contributed by atoms with Crippen molar-refractivity contribution < 1.29 is 19.0 Å². The number of ether oxygens (including phenoxy) is 3. The van der Waals surface area contributed by atoms with E-state index in [1.807, 2.05) is 12.1 Å². The van der Waals surface area contributed by atoms with Crippen molar-refractivity contribution in [1.82, 2.24) is 5.43 Å². The van der Waals surface area contributed by atoms with Gasteiger partial charge in [-0.1, -0.05) is 15.9 Å². The molecule has 132 valence electrons. The van der Waals surface area contributed by atoms with Gasteiger partial charge >= 0.3 is 0 Å². The Balaban J connectivity index is 1.90. The molecule has 2 rings (SSSR count). The molecule has 0 spiro atoms. The lowest BCUT2D eigenvalue weighted by Crippen LogP contribution is -2.24. The van der Waals surface area contributed by atoms with E-state index in [-0.39, 0.29) is 12.5 Å². The van der Waals surface area contributed by atoms with Crippen molar-refractivity contribution in [3.05, 3.63) is 50.9 Å². The topological polar surface area (TPSA) is 69.2 Å². The van der Waals surface area contributed by atoms with Gasteiger partial charge in [0.05, 0.1) is 24.9 Å². The number of carbonyl (C=O) groups is 1. The summed E-state index contributed by atoms with van der Waals surface area (Å²) < 4.78 is 17.5. The maximum absolute atomic E-state index is 11.8. The van der Waals surface area contributed by atoms with E-state index < -0.39 is 0 Å². The van der Waals surface area contributed by atoms with Crippen LogP contribution in [0.25, 0.3) is 0 Å². The van der Waals surface area contributed by atoms with Gasteiger partial charge in [0.2, 0.25) is 0 Å². The van der Waals surface area contributed by atoms with Crippen LogP contribution < -0.4 is 19.6 Å². The van der Waals surface area contributed by atoms with Gasteiger partial charge < -0.3 is 14.2 Å². The van der Waals surface area contributed by atoms with E-state index in [9.17, 15) is 4.79 Å². The molecule has 1 N–H and O–H groups in total. The SMILES string of the molecule is COc1cc(C=NNC(=O)COc2ccc(Br)cc2)cc(Br)c1OC. The standard InChI is InChI=1S/C17H16Br2N2O4/c1-23-15-8-11(7-14(19)17(15)24-2)9-20-21-16(22)10-25-13-5-3-12(18)4-6-13/h3-9H,10H2,1-2H3,(H,21,22). The smallest absolute Gasteiger partial charge is 0.277 e. The molecule has 0 aliphatic heterocycles. The van der Waals surface area contributed by atoms with Gasteiger partial charge in [-0.05, 0) is 57.9 Å². The normalized spacial score (nSPS) is 10.6. The number of halogens is 2. The van der Waals surface area contributed by atoms with Crippen molar-refractivity contribution in [3.63, 3.8) is 0 Å². The molecule has 8 heteroatoms. The first kappa shape index (κ1) is 19.3. The third kappa shape index (κ3) is 5.75. The minimum Gasteiger partial charge on any atom is -0.493 e. The summed E-state index contributed by atoms with van der Waals surface area (Å²) in [6.45, 7) is -0.130. The summed E-state index contributed by atoms with van der Waals surface area (Å²) in [5.74, 6) is 1.39. The number of hydrogen-bond donors (Lipinski definition) is 1. The lowest BCUT2D eigenvalue weighted by Gasteiger charge is -2.10. The predicted octanol–water partition coefficient (Wildman–Crippen LogP) is 3.76. The summed E-state index contributed by atoms with van der Waals surface area (Å²) in [5, 5.41) is 3.91. The minimum absolute atomic E-state index is 0.130. The number of carbonyl (C=O) groups excluding carboxylic acids is 1. The molecule has 0 aliphatic rings. The molecule has 0 aliphatic carbocycles. The average molecular weight is 472 g/mol. The van der Waals surface area contributed by atoms with Crippen molar-refractivity contribution in [2.45, 2.75) is 0 Å². The van der Waals surface area contributed by atoms with E-state index in [1.54, 1.807) is 38.5 Å². The van der Waals surface area contributed by atoms with Crippen LogP contribution in [0, 0.1) is 0 Å². The van der Waals surface area contributed by atoms with Gasteiger partial charge in [-0.3, -0.25) is 4.79 Å². The molecule has 0 heterocycles. The highest BCUT2D eigenvalue weighted by molar-refractivity contribution is 9.10. The number of hydrogen-bond acceptors (Lipinski definition) is 5. The summed E-state index contributed by atoms with van der Waals surface area (Å²) in [5.41, 5.74) is 3.14. The number of amides is 1. The molecule has 25 heavy (non-hydrogen) atoms. The third-order valence-corrected chi connectivity index (χ3v) is 4.16. The average Bonchev–Trinajstić information content (AvgIpc) is 2.60. The molecule has 0 radical (unpaired) electrons. The molecule has 6 nitrogen and oxygen atoms in total. The van der Waals surface area contributed by atoms with E-state index in [0.717, 1.165) is 14.5 Å². The molecule has 0 bridgehead atoms. The van der Waals surface area contributed by atoms with Crippen LogP contribution in [0.4, 0.5) is 0 Å². The summed E-state index contributed by atoms with van der Waals surface area (Å²) in [6.07, 6.45) is 1.50. The number of rotatable bonds is 7. The number of hydrazone groups is 1. The number of nitrogens with one attached hydrogen (secondary N) is 1. The number of benzene rings is 2. The van der Waals surface area contributed by atoms with Crippen molar-refractivity contribution in [2.75, 3.05) is 20.8 Å². The quantitative estimate of drug-likeness (QED) is 0.493. The maximum atomic E-state index is 11.8. The van der Waals surface area contributed by atoms with E-state index in [2.05, 4.69) is 42.4 Å². The lowest BCUT2D eigenvalue weighted by atomic mass is 10.2. The van der Waals surface area contributed by atoms with Gasteiger partial charge in [0, 0.05) is 4.47 Å². The second-order valence-corrected chi connectivity index (χ2v) is 6.54. The minimum atomic E-state index is -0.362. The molecular weight excluding hydrogens is 456 g/mol. The Kier molecular flexibility index (Phi) is 7.27. The van der Waals surface area contributed by atoms with Crippen LogP contribution in [-0.2, 0) is 4.79 Å². The zero-order chi connectivity index (χ0) is 18.2. The van der Waals surface area contributed by atoms with Gasteiger partial charge in [-0.15, -0.1) is 0 Å². The van der Waals surface area contributed by atoms with E-state index in [4.69, 9.17) is 14.2 Å². The highest BCUT2D eigenvalue weighted by atomic mass is 79.9. The Bertz CT molecular complexity index is 764. The lowest BCUT2D eigenvalue weighted by molar-refractivity contribution is -0.123. The Morgan fingerprint density at radius 3 is 2.52 bits per heavy atom. The van der Waals surface area contributed by atoms with Crippen molar-refractivity contribution in [3.8, 4) is 17.2 Å². The van der Waals surface area contributed by atoms with E-state index in [1.165, 1.54) is 6.21 Å².